The van der Waals surface area contributed by atoms with E-state index in [0.717, 1.165) is 7.11 Å². The molecule has 8 heteroatoms. The molecule has 3 aromatic rings. The van der Waals surface area contributed by atoms with Crippen molar-refractivity contribution < 1.29 is 29.0 Å². The second-order valence-electron chi connectivity index (χ2n) is 5.42. The minimum absolute atomic E-state index is 0.0344. The van der Waals surface area contributed by atoms with E-state index < -0.39 is 23.3 Å². The summed E-state index contributed by atoms with van der Waals surface area (Å²) < 4.78 is 10.2. The molecule has 3 rings (SSSR count). The molecule has 0 saturated carbocycles. The zero-order valence-corrected chi connectivity index (χ0v) is 13.2. The third kappa shape index (κ3) is 2.67. The van der Waals surface area contributed by atoms with Crippen LogP contribution in [0, 0.1) is 0 Å². The number of carbonyl (C=O) groups is 2. The first kappa shape index (κ1) is 16.4. The fraction of sp³-hybridized carbons (Fsp3) is 0.176. The van der Waals surface area contributed by atoms with E-state index in [1.165, 1.54) is 31.2 Å². The fourth-order valence-electron chi connectivity index (χ4n) is 2.50. The minimum atomic E-state index is -1.44. The van der Waals surface area contributed by atoms with Crippen molar-refractivity contribution in [3.05, 3.63) is 45.7 Å². The number of phenols is 1. The number of ether oxygens (including phenoxy) is 1. The quantitative estimate of drug-likeness (QED) is 0.543. The predicted molar refractivity (Wildman–Crippen MR) is 84.2 cm³/mol. The van der Waals surface area contributed by atoms with Crippen molar-refractivity contribution in [2.24, 2.45) is 0 Å². The number of nitrogens with zero attached hydrogens (tertiary/aromatic N) is 1. The van der Waals surface area contributed by atoms with Crippen molar-refractivity contribution in [1.82, 2.24) is 4.98 Å². The maximum atomic E-state index is 12.6. The van der Waals surface area contributed by atoms with Crippen molar-refractivity contribution in [2.45, 2.75) is 12.8 Å². The van der Waals surface area contributed by atoms with Gasteiger partial charge in [0.25, 0.3) is 0 Å². The van der Waals surface area contributed by atoms with Gasteiger partial charge in [0, 0.05) is 5.92 Å². The first-order valence-electron chi connectivity index (χ1n) is 7.23. The molecule has 1 unspecified atom stereocenters. The summed E-state index contributed by atoms with van der Waals surface area (Å²) in [6.07, 6.45) is 0. The van der Waals surface area contributed by atoms with Gasteiger partial charge in [-0.2, -0.15) is 0 Å². The molecular weight excluding hydrogens is 330 g/mol. The topological polar surface area (TPSA) is 130 Å². The summed E-state index contributed by atoms with van der Waals surface area (Å²) in [6, 6.07) is 5.14. The van der Waals surface area contributed by atoms with Gasteiger partial charge in [0.2, 0.25) is 11.1 Å². The molecule has 0 bridgehead atoms. The Balaban J connectivity index is 2.43. The number of benzene rings is 1. The summed E-state index contributed by atoms with van der Waals surface area (Å²) in [5.74, 6) is -3.63. The predicted octanol–water partition coefficient (Wildman–Crippen LogP) is 0.687. The molecule has 0 saturated heterocycles. The zero-order valence-electron chi connectivity index (χ0n) is 13.2. The first-order valence-corrected chi connectivity index (χ1v) is 7.23. The van der Waals surface area contributed by atoms with Crippen molar-refractivity contribution in [3.8, 4) is 5.75 Å². The second-order valence-corrected chi connectivity index (χ2v) is 5.42. The number of aromatic nitrogens is 1. The van der Waals surface area contributed by atoms with Crippen molar-refractivity contribution >= 4 is 34.0 Å². The van der Waals surface area contributed by atoms with Crippen molar-refractivity contribution in [3.63, 3.8) is 0 Å². The van der Waals surface area contributed by atoms with E-state index in [1.807, 2.05) is 0 Å². The van der Waals surface area contributed by atoms with Crippen molar-refractivity contribution in [2.75, 3.05) is 7.11 Å². The molecule has 8 nitrogen and oxygen atoms in total. The monoisotopic (exact) mass is 342 g/mol. The van der Waals surface area contributed by atoms with Crippen LogP contribution in [0.1, 0.15) is 28.9 Å². The summed E-state index contributed by atoms with van der Waals surface area (Å²) in [5, 5.41) is 20.8. The number of hydrogen-bond acceptors (Lipinski definition) is 8. The Morgan fingerprint density at radius 3 is 2.64 bits per heavy atom. The van der Waals surface area contributed by atoms with E-state index in [1.54, 1.807) is 0 Å². The molecule has 2 aromatic heterocycles. The average molecular weight is 342 g/mol. The average Bonchev–Trinajstić information content (AvgIpc) is 2.60. The Hall–Kier alpha value is -3.42. The highest BCUT2D eigenvalue weighted by Gasteiger charge is 2.23. The molecule has 25 heavy (non-hydrogen) atoms. The van der Waals surface area contributed by atoms with Crippen LogP contribution in [0.15, 0.2) is 33.5 Å². The number of esters is 1. The second kappa shape index (κ2) is 5.90. The Labute approximate surface area is 140 Å². The van der Waals surface area contributed by atoms with Crippen LogP contribution in [0.3, 0.4) is 0 Å². The number of phenolic OH excluding ortho intramolecular Hbond substituents is 1. The van der Waals surface area contributed by atoms with Crippen LogP contribution < -0.4 is 10.5 Å². The van der Waals surface area contributed by atoms with E-state index in [-0.39, 0.29) is 39.1 Å². The molecule has 0 aliphatic rings. The van der Waals surface area contributed by atoms with Crippen LogP contribution in [0.4, 0.5) is 0 Å². The number of rotatable bonds is 3. The Morgan fingerprint density at radius 2 is 2.00 bits per heavy atom. The normalized spacial score (nSPS) is 12.2. The van der Waals surface area contributed by atoms with Crippen LogP contribution in [0.2, 0.25) is 0 Å². The number of carbonyl (C=O) groups excluding carboxylic acids is 2. The van der Waals surface area contributed by atoms with Gasteiger partial charge in [-0.25, -0.2) is 9.78 Å². The largest absolute Gasteiger partial charge is 0.549 e. The lowest BCUT2D eigenvalue weighted by Crippen LogP contribution is -2.30. The number of carboxylic acids is 1. The maximum absolute atomic E-state index is 12.6. The molecule has 0 aliphatic carbocycles. The van der Waals surface area contributed by atoms with Gasteiger partial charge in [0.05, 0.1) is 35.1 Å². The maximum Gasteiger partial charge on any atom is 0.339 e. The molecule has 0 radical (unpaired) electrons. The number of hydrogen-bond donors (Lipinski definition) is 1. The van der Waals surface area contributed by atoms with Crippen LogP contribution in [-0.4, -0.2) is 29.1 Å². The van der Waals surface area contributed by atoms with Gasteiger partial charge < -0.3 is 24.2 Å². The fourth-order valence-corrected chi connectivity index (χ4v) is 2.50. The van der Waals surface area contributed by atoms with E-state index in [2.05, 4.69) is 9.72 Å². The lowest BCUT2D eigenvalue weighted by molar-refractivity contribution is -0.307. The summed E-state index contributed by atoms with van der Waals surface area (Å²) >= 11 is 0. The Bertz CT molecular complexity index is 1080. The van der Waals surface area contributed by atoms with Gasteiger partial charge in [0.15, 0.2) is 0 Å². The lowest BCUT2D eigenvalue weighted by Gasteiger charge is -2.15. The van der Waals surface area contributed by atoms with Gasteiger partial charge in [0.1, 0.15) is 11.3 Å². The molecule has 0 spiro atoms. The Kier molecular flexibility index (Phi) is 3.88. The molecule has 2 heterocycles. The minimum Gasteiger partial charge on any atom is -0.549 e. The Morgan fingerprint density at radius 1 is 1.28 bits per heavy atom. The van der Waals surface area contributed by atoms with Gasteiger partial charge in [-0.05, 0) is 24.3 Å². The molecule has 1 atom stereocenters. The van der Waals surface area contributed by atoms with E-state index in [4.69, 9.17) is 4.42 Å². The number of methoxy groups -OCH3 is 1. The molecule has 0 amide bonds. The molecule has 128 valence electrons. The standard InChI is InChI=1S/C17H13NO7/c1-7(16(21)22)13-10(17(23)24-2)6-11-14(20)9-5-8(19)3-4-12(9)25-15(11)18-13/h3-7,19H,1-2H3,(H,21,22)/p-1. The molecule has 1 aromatic carbocycles. The highest BCUT2D eigenvalue weighted by Crippen LogP contribution is 2.25. The third-order valence-electron chi connectivity index (χ3n) is 3.85. The summed E-state index contributed by atoms with van der Waals surface area (Å²) in [6.45, 7) is 1.30. The third-order valence-corrected chi connectivity index (χ3v) is 3.85. The van der Waals surface area contributed by atoms with Crippen LogP contribution >= 0.6 is 0 Å². The summed E-state index contributed by atoms with van der Waals surface area (Å²) in [7, 11) is 1.13. The molecule has 0 aliphatic heterocycles. The van der Waals surface area contributed by atoms with Crippen LogP contribution in [0.5, 0.6) is 5.75 Å². The van der Waals surface area contributed by atoms with E-state index in [0.29, 0.717) is 0 Å². The van der Waals surface area contributed by atoms with Gasteiger partial charge >= 0.3 is 5.97 Å². The highest BCUT2D eigenvalue weighted by molar-refractivity contribution is 5.97. The number of fused-ring (bicyclic) bond motifs is 2. The summed E-state index contributed by atoms with van der Waals surface area (Å²) in [4.78, 5) is 39.9. The number of aliphatic carboxylic acids is 1. The number of aromatic hydroxyl groups is 1. The zero-order chi connectivity index (χ0) is 18.3. The van der Waals surface area contributed by atoms with Crippen molar-refractivity contribution in [1.29, 1.82) is 0 Å². The van der Waals surface area contributed by atoms with Crippen LogP contribution in [-0.2, 0) is 9.53 Å². The van der Waals surface area contributed by atoms with Gasteiger partial charge in [-0.3, -0.25) is 4.79 Å². The van der Waals surface area contributed by atoms with Gasteiger partial charge in [-0.15, -0.1) is 0 Å². The molecular formula is C17H12NO7-. The summed E-state index contributed by atoms with van der Waals surface area (Å²) in [5.41, 5.74) is -0.767. The van der Waals surface area contributed by atoms with Crippen LogP contribution in [0.25, 0.3) is 22.1 Å². The molecule has 1 N–H and O–H groups in total. The SMILES string of the molecule is COC(=O)c1cc2c(=O)c3cc(O)ccc3oc2nc1C(C)C(=O)[O-]. The molecule has 0 fully saturated rings. The van der Waals surface area contributed by atoms with E-state index >= 15 is 0 Å². The highest BCUT2D eigenvalue weighted by atomic mass is 16.5. The number of pyridine rings is 1. The van der Waals surface area contributed by atoms with Gasteiger partial charge in [-0.1, -0.05) is 6.92 Å². The smallest absolute Gasteiger partial charge is 0.339 e. The number of carboxylic acid groups (broad SMARTS) is 1. The first-order chi connectivity index (χ1) is 11.8. The lowest BCUT2D eigenvalue weighted by atomic mass is 10.0. The van der Waals surface area contributed by atoms with E-state index in [9.17, 15) is 24.6 Å².